The van der Waals surface area contributed by atoms with Gasteiger partial charge >= 0.3 is 0 Å². The van der Waals surface area contributed by atoms with Gasteiger partial charge in [-0.1, -0.05) is 48.3 Å². The molecule has 1 aromatic carbocycles. The number of nitrogens with one attached hydrogen (secondary N) is 2. The predicted molar refractivity (Wildman–Crippen MR) is 86.0 cm³/mol. The molecular weight excluding hydrogens is 309 g/mol. The second-order valence-electron chi connectivity index (χ2n) is 4.39. The van der Waals surface area contributed by atoms with Gasteiger partial charge in [0, 0.05) is 17.8 Å². The Hall–Kier alpha value is -1.62. The molecule has 1 aromatic heterocycles. The Balaban J connectivity index is 2.19. The fraction of sp³-hybridized carbons (Fsp3) is 0.200. The van der Waals surface area contributed by atoms with Gasteiger partial charge in [0.05, 0.1) is 0 Å². The van der Waals surface area contributed by atoms with Gasteiger partial charge in [-0.25, -0.2) is 4.98 Å². The molecular formula is C15H15Cl2N3O. The van der Waals surface area contributed by atoms with Gasteiger partial charge in [0.25, 0.3) is 5.91 Å². The Morgan fingerprint density at radius 2 is 1.86 bits per heavy atom. The first-order chi connectivity index (χ1) is 10.1. The number of carbonyl (C=O) groups excluding carboxylic acids is 1. The van der Waals surface area contributed by atoms with Crippen LogP contribution in [0.25, 0.3) is 0 Å². The zero-order chi connectivity index (χ0) is 15.2. The van der Waals surface area contributed by atoms with Crippen molar-refractivity contribution in [3.63, 3.8) is 0 Å². The molecule has 0 spiro atoms. The van der Waals surface area contributed by atoms with E-state index in [9.17, 15) is 4.79 Å². The lowest BCUT2D eigenvalue weighted by molar-refractivity contribution is 0.102. The molecule has 6 heteroatoms. The summed E-state index contributed by atoms with van der Waals surface area (Å²) in [5.41, 5.74) is 2.14. The second-order valence-corrected chi connectivity index (χ2v) is 5.17. The van der Waals surface area contributed by atoms with Gasteiger partial charge in [-0.15, -0.1) is 0 Å². The zero-order valence-corrected chi connectivity index (χ0v) is 13.0. The van der Waals surface area contributed by atoms with Crippen molar-refractivity contribution in [1.29, 1.82) is 0 Å². The standard InChI is InChI=1S/C15H15Cl2N3O/c1-2-18-9-10-5-3-4-6-12(10)19-15(21)11-7-13(16)20-14(17)8-11/h3-8,18H,2,9H2,1H3,(H,19,21). The molecule has 21 heavy (non-hydrogen) atoms. The molecule has 0 unspecified atom stereocenters. The van der Waals surface area contributed by atoms with E-state index >= 15 is 0 Å². The highest BCUT2D eigenvalue weighted by Gasteiger charge is 2.11. The average molecular weight is 324 g/mol. The summed E-state index contributed by atoms with van der Waals surface area (Å²) in [5.74, 6) is -0.273. The van der Waals surface area contributed by atoms with E-state index in [1.54, 1.807) is 0 Å². The van der Waals surface area contributed by atoms with Crippen LogP contribution in [-0.4, -0.2) is 17.4 Å². The summed E-state index contributed by atoms with van der Waals surface area (Å²) < 4.78 is 0. The SMILES string of the molecule is CCNCc1ccccc1NC(=O)c1cc(Cl)nc(Cl)c1. The maximum absolute atomic E-state index is 12.3. The maximum atomic E-state index is 12.3. The van der Waals surface area contributed by atoms with E-state index in [0.717, 1.165) is 17.8 Å². The Kier molecular flexibility index (Phi) is 5.56. The van der Waals surface area contributed by atoms with E-state index in [-0.39, 0.29) is 16.2 Å². The molecule has 110 valence electrons. The van der Waals surface area contributed by atoms with Crippen LogP contribution in [0.4, 0.5) is 5.69 Å². The first kappa shape index (κ1) is 15.8. The van der Waals surface area contributed by atoms with Crippen LogP contribution in [0.15, 0.2) is 36.4 Å². The average Bonchev–Trinajstić information content (AvgIpc) is 2.45. The number of anilines is 1. The topological polar surface area (TPSA) is 54.0 Å². The summed E-state index contributed by atoms with van der Waals surface area (Å²) in [6.07, 6.45) is 0. The number of para-hydroxylation sites is 1. The third-order valence-electron chi connectivity index (χ3n) is 2.86. The van der Waals surface area contributed by atoms with Gasteiger partial charge in [-0.3, -0.25) is 4.79 Å². The van der Waals surface area contributed by atoms with Crippen LogP contribution < -0.4 is 10.6 Å². The number of rotatable bonds is 5. The smallest absolute Gasteiger partial charge is 0.255 e. The van der Waals surface area contributed by atoms with Gasteiger partial charge in [0.15, 0.2) is 0 Å². The Morgan fingerprint density at radius 3 is 2.52 bits per heavy atom. The monoisotopic (exact) mass is 323 g/mol. The molecule has 4 nitrogen and oxygen atoms in total. The quantitative estimate of drug-likeness (QED) is 0.824. The molecule has 0 fully saturated rings. The van der Waals surface area contributed by atoms with E-state index in [1.807, 2.05) is 31.2 Å². The molecule has 0 aliphatic carbocycles. The highest BCUT2D eigenvalue weighted by Crippen LogP contribution is 2.19. The zero-order valence-electron chi connectivity index (χ0n) is 11.5. The van der Waals surface area contributed by atoms with Crippen molar-refractivity contribution < 1.29 is 4.79 Å². The Bertz CT molecular complexity index is 626. The molecule has 0 bridgehead atoms. The third-order valence-corrected chi connectivity index (χ3v) is 3.24. The van der Waals surface area contributed by atoms with Crippen molar-refractivity contribution in [3.8, 4) is 0 Å². The molecule has 2 aromatic rings. The second kappa shape index (κ2) is 7.41. The summed E-state index contributed by atoms with van der Waals surface area (Å²) in [5, 5.41) is 6.48. The van der Waals surface area contributed by atoms with Crippen LogP contribution in [0.3, 0.4) is 0 Å². The number of amides is 1. The first-order valence-electron chi connectivity index (χ1n) is 6.53. The van der Waals surface area contributed by atoms with Crippen molar-refractivity contribution in [2.24, 2.45) is 0 Å². The number of benzene rings is 1. The fourth-order valence-corrected chi connectivity index (χ4v) is 2.31. The fourth-order valence-electron chi connectivity index (χ4n) is 1.85. The lowest BCUT2D eigenvalue weighted by atomic mass is 10.1. The summed E-state index contributed by atoms with van der Waals surface area (Å²) in [4.78, 5) is 16.1. The van der Waals surface area contributed by atoms with Crippen molar-refractivity contribution in [3.05, 3.63) is 57.8 Å². The largest absolute Gasteiger partial charge is 0.322 e. The molecule has 0 saturated heterocycles. The highest BCUT2D eigenvalue weighted by molar-refractivity contribution is 6.33. The molecule has 0 radical (unpaired) electrons. The molecule has 2 N–H and O–H groups in total. The van der Waals surface area contributed by atoms with Crippen LogP contribution >= 0.6 is 23.2 Å². The number of hydrogen-bond acceptors (Lipinski definition) is 3. The molecule has 0 atom stereocenters. The van der Waals surface area contributed by atoms with Gasteiger partial charge in [-0.2, -0.15) is 0 Å². The minimum atomic E-state index is -0.273. The summed E-state index contributed by atoms with van der Waals surface area (Å²) in [6.45, 7) is 3.57. The summed E-state index contributed by atoms with van der Waals surface area (Å²) >= 11 is 11.6. The van der Waals surface area contributed by atoms with Crippen molar-refractivity contribution in [2.45, 2.75) is 13.5 Å². The van der Waals surface area contributed by atoms with Crippen molar-refractivity contribution >= 4 is 34.8 Å². The highest BCUT2D eigenvalue weighted by atomic mass is 35.5. The molecule has 0 aliphatic rings. The van der Waals surface area contributed by atoms with E-state index < -0.39 is 0 Å². The lowest BCUT2D eigenvalue weighted by Crippen LogP contribution is -2.17. The third kappa shape index (κ3) is 4.43. The number of carbonyl (C=O) groups is 1. The van der Waals surface area contributed by atoms with E-state index in [2.05, 4.69) is 15.6 Å². The number of halogens is 2. The minimum absolute atomic E-state index is 0.189. The lowest BCUT2D eigenvalue weighted by Gasteiger charge is -2.11. The van der Waals surface area contributed by atoms with Crippen molar-refractivity contribution in [2.75, 3.05) is 11.9 Å². The molecule has 2 rings (SSSR count). The molecule has 1 amide bonds. The van der Waals surface area contributed by atoms with Gasteiger partial charge in [0.1, 0.15) is 10.3 Å². The Morgan fingerprint density at radius 1 is 1.19 bits per heavy atom. The number of pyridine rings is 1. The number of aromatic nitrogens is 1. The van der Waals surface area contributed by atoms with Crippen molar-refractivity contribution in [1.82, 2.24) is 10.3 Å². The number of hydrogen-bond donors (Lipinski definition) is 2. The van der Waals surface area contributed by atoms with Crippen LogP contribution in [0.2, 0.25) is 10.3 Å². The summed E-state index contributed by atoms with van der Waals surface area (Å²) in [6, 6.07) is 10.6. The van der Waals surface area contributed by atoms with Crippen LogP contribution in [0, 0.1) is 0 Å². The molecule has 1 heterocycles. The first-order valence-corrected chi connectivity index (χ1v) is 7.29. The van der Waals surface area contributed by atoms with Gasteiger partial charge in [-0.05, 0) is 30.3 Å². The van der Waals surface area contributed by atoms with E-state index in [0.29, 0.717) is 12.1 Å². The van der Waals surface area contributed by atoms with Crippen LogP contribution in [0.5, 0.6) is 0 Å². The molecule has 0 aliphatic heterocycles. The predicted octanol–water partition coefficient (Wildman–Crippen LogP) is 3.75. The van der Waals surface area contributed by atoms with Gasteiger partial charge in [0.2, 0.25) is 0 Å². The van der Waals surface area contributed by atoms with E-state index in [4.69, 9.17) is 23.2 Å². The summed E-state index contributed by atoms with van der Waals surface area (Å²) in [7, 11) is 0. The van der Waals surface area contributed by atoms with Gasteiger partial charge < -0.3 is 10.6 Å². The maximum Gasteiger partial charge on any atom is 0.255 e. The van der Waals surface area contributed by atoms with Crippen LogP contribution in [-0.2, 0) is 6.54 Å². The number of nitrogens with zero attached hydrogens (tertiary/aromatic N) is 1. The normalized spacial score (nSPS) is 10.4. The Labute approximate surface area is 133 Å². The van der Waals surface area contributed by atoms with Crippen LogP contribution in [0.1, 0.15) is 22.8 Å². The van der Waals surface area contributed by atoms with E-state index in [1.165, 1.54) is 12.1 Å². The molecule has 0 saturated carbocycles. The minimum Gasteiger partial charge on any atom is -0.322 e.